The second kappa shape index (κ2) is 6.06. The van der Waals surface area contributed by atoms with Gasteiger partial charge in [0.25, 0.3) is 0 Å². The van der Waals surface area contributed by atoms with Crippen molar-refractivity contribution in [3.05, 3.63) is 29.5 Å². The van der Waals surface area contributed by atoms with Crippen molar-refractivity contribution in [1.29, 1.82) is 0 Å². The summed E-state index contributed by atoms with van der Waals surface area (Å²) >= 11 is 0. The van der Waals surface area contributed by atoms with Gasteiger partial charge >= 0.3 is 0 Å². The van der Waals surface area contributed by atoms with Gasteiger partial charge in [-0.1, -0.05) is 12.1 Å². The number of aliphatic hydroxyl groups excluding tert-OH is 1. The predicted octanol–water partition coefficient (Wildman–Crippen LogP) is 2.27. The van der Waals surface area contributed by atoms with Crippen molar-refractivity contribution in [2.45, 2.75) is 12.7 Å². The number of benzene rings is 1. The van der Waals surface area contributed by atoms with Crippen LogP contribution in [-0.2, 0) is 15.9 Å². The summed E-state index contributed by atoms with van der Waals surface area (Å²) in [7, 11) is 4.68. The molecule has 5 nitrogen and oxygen atoms in total. The molecule has 104 valence electrons. The lowest BCUT2D eigenvalue weighted by Gasteiger charge is -2.12. The average Bonchev–Trinajstić information content (AvgIpc) is 2.80. The first kappa shape index (κ1) is 13.9. The number of hydrogen-bond acceptors (Lipinski definition) is 5. The van der Waals surface area contributed by atoms with Crippen LogP contribution >= 0.6 is 0 Å². The first-order valence-corrected chi connectivity index (χ1v) is 6.01. The number of methoxy groups -OCH3 is 3. The molecule has 2 aromatic rings. The summed E-state index contributed by atoms with van der Waals surface area (Å²) in [6, 6.07) is 5.64. The van der Waals surface area contributed by atoms with E-state index in [0.717, 1.165) is 10.9 Å². The van der Waals surface area contributed by atoms with E-state index >= 15 is 0 Å². The number of hydrogen-bond donors (Lipinski definition) is 1. The van der Waals surface area contributed by atoms with Crippen LogP contribution in [0.4, 0.5) is 0 Å². The van der Waals surface area contributed by atoms with Crippen LogP contribution in [0.5, 0.6) is 5.75 Å². The minimum atomic E-state index is -0.598. The van der Waals surface area contributed by atoms with Gasteiger partial charge in [-0.15, -0.1) is 0 Å². The first-order valence-electron chi connectivity index (χ1n) is 6.01. The fraction of sp³-hybridized carbons (Fsp3) is 0.429. The standard InChI is InChI=1S/C14H18O5/c1-16-11-6-4-5-9-10(7-8-15)13(19-12(9)11)14(17-2)18-3/h4-6,14-15H,7-8H2,1-3H3. The molecule has 0 saturated heterocycles. The van der Waals surface area contributed by atoms with Crippen LogP contribution in [0.25, 0.3) is 11.0 Å². The van der Waals surface area contributed by atoms with Crippen molar-refractivity contribution < 1.29 is 23.7 Å². The van der Waals surface area contributed by atoms with Crippen molar-refractivity contribution in [1.82, 2.24) is 0 Å². The molecule has 1 aromatic carbocycles. The molecule has 0 aliphatic heterocycles. The molecule has 1 heterocycles. The van der Waals surface area contributed by atoms with Gasteiger partial charge in [-0.25, -0.2) is 0 Å². The summed E-state index contributed by atoms with van der Waals surface area (Å²) in [6.07, 6.45) is -0.128. The SMILES string of the molecule is COc1cccc2c(CCO)c(C(OC)OC)oc12. The van der Waals surface area contributed by atoms with Crippen LogP contribution in [0.2, 0.25) is 0 Å². The normalized spacial score (nSPS) is 11.4. The molecule has 0 fully saturated rings. The topological polar surface area (TPSA) is 61.1 Å². The van der Waals surface area contributed by atoms with E-state index in [1.54, 1.807) is 21.3 Å². The van der Waals surface area contributed by atoms with Gasteiger partial charge in [-0.2, -0.15) is 0 Å². The molecule has 0 radical (unpaired) electrons. The smallest absolute Gasteiger partial charge is 0.217 e. The van der Waals surface area contributed by atoms with Crippen molar-refractivity contribution in [3.8, 4) is 5.75 Å². The minimum absolute atomic E-state index is 0.0268. The van der Waals surface area contributed by atoms with Crippen molar-refractivity contribution >= 4 is 11.0 Å². The van der Waals surface area contributed by atoms with Crippen LogP contribution in [-0.4, -0.2) is 33.0 Å². The van der Waals surface area contributed by atoms with E-state index < -0.39 is 6.29 Å². The van der Waals surface area contributed by atoms with Crippen LogP contribution in [0, 0.1) is 0 Å². The zero-order chi connectivity index (χ0) is 13.8. The van der Waals surface area contributed by atoms with Crippen LogP contribution in [0.15, 0.2) is 22.6 Å². The highest BCUT2D eigenvalue weighted by Gasteiger charge is 2.23. The lowest BCUT2D eigenvalue weighted by atomic mass is 10.1. The highest BCUT2D eigenvalue weighted by molar-refractivity contribution is 5.87. The maximum atomic E-state index is 9.22. The van der Waals surface area contributed by atoms with E-state index in [-0.39, 0.29) is 6.61 Å². The van der Waals surface area contributed by atoms with Gasteiger partial charge in [0.15, 0.2) is 17.1 Å². The summed E-state index contributed by atoms with van der Waals surface area (Å²) in [4.78, 5) is 0. The first-order chi connectivity index (χ1) is 9.26. The molecule has 0 unspecified atom stereocenters. The van der Waals surface area contributed by atoms with Gasteiger partial charge in [0.1, 0.15) is 0 Å². The molecule has 0 saturated carbocycles. The van der Waals surface area contributed by atoms with Gasteiger partial charge in [-0.3, -0.25) is 0 Å². The Morgan fingerprint density at radius 1 is 1.21 bits per heavy atom. The molecule has 19 heavy (non-hydrogen) atoms. The third-order valence-electron chi connectivity index (χ3n) is 3.04. The Morgan fingerprint density at radius 2 is 1.95 bits per heavy atom. The number of furan rings is 1. The third-order valence-corrected chi connectivity index (χ3v) is 3.04. The Hall–Kier alpha value is -1.56. The van der Waals surface area contributed by atoms with Crippen LogP contribution in [0.1, 0.15) is 17.6 Å². The minimum Gasteiger partial charge on any atom is -0.493 e. The third kappa shape index (κ3) is 2.45. The largest absolute Gasteiger partial charge is 0.493 e. The van der Waals surface area contributed by atoms with Crippen molar-refractivity contribution in [2.24, 2.45) is 0 Å². The highest BCUT2D eigenvalue weighted by Crippen LogP contribution is 2.36. The number of aliphatic hydroxyl groups is 1. The van der Waals surface area contributed by atoms with Crippen molar-refractivity contribution in [2.75, 3.05) is 27.9 Å². The van der Waals surface area contributed by atoms with Crippen molar-refractivity contribution in [3.63, 3.8) is 0 Å². The molecule has 0 aliphatic carbocycles. The number of rotatable bonds is 6. The van der Waals surface area contributed by atoms with Gasteiger partial charge in [-0.05, 0) is 12.5 Å². The Balaban J connectivity index is 2.65. The quantitative estimate of drug-likeness (QED) is 0.813. The second-order valence-electron chi connectivity index (χ2n) is 4.06. The fourth-order valence-electron chi connectivity index (χ4n) is 2.19. The number of ether oxygens (including phenoxy) is 3. The Labute approximate surface area is 111 Å². The average molecular weight is 266 g/mol. The molecule has 0 bridgehead atoms. The molecule has 0 amide bonds. The molecule has 0 spiro atoms. The van der Waals surface area contributed by atoms with Gasteiger partial charge in [0, 0.05) is 31.8 Å². The summed E-state index contributed by atoms with van der Waals surface area (Å²) < 4.78 is 21.6. The Kier molecular flexibility index (Phi) is 4.42. The van der Waals surface area contributed by atoms with Gasteiger partial charge < -0.3 is 23.7 Å². The van der Waals surface area contributed by atoms with Gasteiger partial charge in [0.05, 0.1) is 7.11 Å². The molecule has 0 aliphatic rings. The van der Waals surface area contributed by atoms with Gasteiger partial charge in [0.2, 0.25) is 6.29 Å². The molecular formula is C14H18O5. The molecular weight excluding hydrogens is 248 g/mol. The zero-order valence-electron chi connectivity index (χ0n) is 11.3. The summed E-state index contributed by atoms with van der Waals surface area (Å²) in [5, 5.41) is 10.1. The predicted molar refractivity (Wildman–Crippen MR) is 70.3 cm³/mol. The molecule has 0 atom stereocenters. The van der Waals surface area contributed by atoms with E-state index in [9.17, 15) is 5.11 Å². The van der Waals surface area contributed by atoms with Crippen LogP contribution in [0.3, 0.4) is 0 Å². The molecule has 2 rings (SSSR count). The van der Waals surface area contributed by atoms with E-state index in [2.05, 4.69) is 0 Å². The van der Waals surface area contributed by atoms with E-state index in [4.69, 9.17) is 18.6 Å². The lowest BCUT2D eigenvalue weighted by Crippen LogP contribution is -2.06. The fourth-order valence-corrected chi connectivity index (χ4v) is 2.19. The number of fused-ring (bicyclic) bond motifs is 1. The molecule has 5 heteroatoms. The van der Waals surface area contributed by atoms with Crippen LogP contribution < -0.4 is 4.74 Å². The number of para-hydroxylation sites is 1. The lowest BCUT2D eigenvalue weighted by molar-refractivity contribution is -0.117. The monoisotopic (exact) mass is 266 g/mol. The highest BCUT2D eigenvalue weighted by atomic mass is 16.7. The Morgan fingerprint density at radius 3 is 2.53 bits per heavy atom. The maximum absolute atomic E-state index is 9.22. The summed E-state index contributed by atoms with van der Waals surface area (Å²) in [5.74, 6) is 1.22. The van der Waals surface area contributed by atoms with E-state index in [0.29, 0.717) is 23.5 Å². The second-order valence-corrected chi connectivity index (χ2v) is 4.06. The molecule has 1 aromatic heterocycles. The van der Waals surface area contributed by atoms with E-state index in [1.807, 2.05) is 18.2 Å². The summed E-state index contributed by atoms with van der Waals surface area (Å²) in [5.41, 5.74) is 1.52. The van der Waals surface area contributed by atoms with E-state index in [1.165, 1.54) is 0 Å². The summed E-state index contributed by atoms with van der Waals surface area (Å²) in [6.45, 7) is 0.0268. The zero-order valence-corrected chi connectivity index (χ0v) is 11.3. The molecule has 1 N–H and O–H groups in total. The Bertz CT molecular complexity index is 542. The maximum Gasteiger partial charge on any atom is 0.217 e.